The van der Waals surface area contributed by atoms with E-state index in [9.17, 15) is 9.59 Å². The van der Waals surface area contributed by atoms with E-state index in [4.69, 9.17) is 21.1 Å². The number of halogens is 1. The van der Waals surface area contributed by atoms with Gasteiger partial charge in [-0.2, -0.15) is 0 Å². The minimum Gasteiger partial charge on any atom is -0.480 e. The highest BCUT2D eigenvalue weighted by Crippen LogP contribution is 2.15. The van der Waals surface area contributed by atoms with Crippen molar-refractivity contribution >= 4 is 34.9 Å². The van der Waals surface area contributed by atoms with Crippen LogP contribution in [0.4, 0.5) is 4.79 Å². The van der Waals surface area contributed by atoms with E-state index in [-0.39, 0.29) is 13.2 Å². The summed E-state index contributed by atoms with van der Waals surface area (Å²) in [6.07, 6.45) is 0.842. The quantitative estimate of drug-likeness (QED) is 0.155. The lowest BCUT2D eigenvalue weighted by Gasteiger charge is -2.21. The Balaban J connectivity index is 4.27. The molecular formula is C9H16IN5O4. The van der Waals surface area contributed by atoms with Gasteiger partial charge in [0.1, 0.15) is 6.04 Å². The maximum absolute atomic E-state index is 11.6. The first-order chi connectivity index (χ1) is 9.04. The third kappa shape index (κ3) is 7.70. The van der Waals surface area contributed by atoms with Crippen molar-refractivity contribution in [3.63, 3.8) is 0 Å². The Morgan fingerprint density at radius 3 is 2.74 bits per heavy atom. The summed E-state index contributed by atoms with van der Waals surface area (Å²) in [6, 6.07) is -0.959. The number of unbranched alkanes of at least 4 members (excludes halogenated alkanes) is 1. The number of carbonyl (C=O) groups is 2. The fraction of sp³-hybridized carbons (Fsp3) is 0.778. The lowest BCUT2D eigenvalue weighted by Crippen LogP contribution is -2.39. The van der Waals surface area contributed by atoms with Gasteiger partial charge >= 0.3 is 12.1 Å². The standard InChI is InChI=1S/C9H16IN5O4/c10-15(9(18)19-6-5-13-14-12)7(8(16)17)3-1-2-4-11/h7H,1-6,11H2,(H,16,17). The van der Waals surface area contributed by atoms with Crippen molar-refractivity contribution in [2.24, 2.45) is 10.8 Å². The number of hydrogen-bond acceptors (Lipinski definition) is 5. The van der Waals surface area contributed by atoms with Crippen molar-refractivity contribution in [2.75, 3.05) is 19.7 Å². The number of carboxylic acids is 1. The summed E-state index contributed by atoms with van der Waals surface area (Å²) in [4.78, 5) is 25.1. The first-order valence-electron chi connectivity index (χ1n) is 5.60. The largest absolute Gasteiger partial charge is 0.480 e. The number of nitrogens with two attached hydrogens (primary N) is 1. The minimum absolute atomic E-state index is 0.0115. The summed E-state index contributed by atoms with van der Waals surface area (Å²) >= 11 is 1.60. The predicted octanol–water partition coefficient (Wildman–Crippen LogP) is 1.67. The highest BCUT2D eigenvalue weighted by atomic mass is 127. The summed E-state index contributed by atoms with van der Waals surface area (Å²) in [5, 5.41) is 12.2. The molecule has 0 aliphatic carbocycles. The number of hydrogen-bond donors (Lipinski definition) is 2. The molecule has 1 amide bonds. The monoisotopic (exact) mass is 385 g/mol. The van der Waals surface area contributed by atoms with Gasteiger partial charge < -0.3 is 15.6 Å². The maximum Gasteiger partial charge on any atom is 0.419 e. The number of azide groups is 1. The Morgan fingerprint density at radius 2 is 2.21 bits per heavy atom. The lowest BCUT2D eigenvalue weighted by molar-refractivity contribution is -0.140. The summed E-state index contributed by atoms with van der Waals surface area (Å²) in [5.41, 5.74) is 13.4. The summed E-state index contributed by atoms with van der Waals surface area (Å²) in [5.74, 6) is -1.10. The van der Waals surface area contributed by atoms with E-state index in [1.165, 1.54) is 0 Å². The van der Waals surface area contributed by atoms with Crippen molar-refractivity contribution < 1.29 is 19.4 Å². The topological polar surface area (TPSA) is 142 Å². The van der Waals surface area contributed by atoms with Crippen LogP contribution >= 0.6 is 22.9 Å². The highest BCUT2D eigenvalue weighted by Gasteiger charge is 2.28. The molecule has 0 saturated carbocycles. The van der Waals surface area contributed by atoms with Crippen molar-refractivity contribution in [2.45, 2.75) is 25.3 Å². The second-order valence-electron chi connectivity index (χ2n) is 3.52. The highest BCUT2D eigenvalue weighted by molar-refractivity contribution is 14.1. The zero-order valence-electron chi connectivity index (χ0n) is 10.2. The first-order valence-corrected chi connectivity index (χ1v) is 6.56. The molecular weight excluding hydrogens is 369 g/mol. The van der Waals surface area contributed by atoms with E-state index in [0.29, 0.717) is 25.8 Å². The summed E-state index contributed by atoms with van der Waals surface area (Å²) in [7, 11) is 0. The molecule has 0 bridgehead atoms. The van der Waals surface area contributed by atoms with Crippen molar-refractivity contribution in [1.29, 1.82) is 0 Å². The van der Waals surface area contributed by atoms with E-state index < -0.39 is 18.1 Å². The molecule has 0 radical (unpaired) electrons. The van der Waals surface area contributed by atoms with Crippen LogP contribution in [0.5, 0.6) is 0 Å². The molecule has 1 atom stereocenters. The average molecular weight is 385 g/mol. The Kier molecular flexibility index (Phi) is 9.94. The average Bonchev–Trinajstić information content (AvgIpc) is 2.38. The summed E-state index contributed by atoms with van der Waals surface area (Å²) in [6.45, 7) is 0.402. The van der Waals surface area contributed by atoms with Crippen LogP contribution in [0.25, 0.3) is 10.4 Å². The van der Waals surface area contributed by atoms with Gasteiger partial charge in [0.25, 0.3) is 0 Å². The fourth-order valence-corrected chi connectivity index (χ4v) is 1.88. The molecule has 9 nitrogen and oxygen atoms in total. The Labute approximate surface area is 124 Å². The van der Waals surface area contributed by atoms with E-state index in [1.54, 1.807) is 22.9 Å². The Bertz CT molecular complexity index is 348. The number of amides is 1. The third-order valence-electron chi connectivity index (χ3n) is 2.14. The van der Waals surface area contributed by atoms with Crippen LogP contribution in [-0.4, -0.2) is 46.0 Å². The molecule has 0 saturated heterocycles. The zero-order valence-corrected chi connectivity index (χ0v) is 12.4. The lowest BCUT2D eigenvalue weighted by atomic mass is 10.1. The summed E-state index contributed by atoms with van der Waals surface area (Å²) < 4.78 is 5.76. The number of aliphatic carboxylic acids is 1. The molecule has 0 aromatic rings. The molecule has 0 aromatic heterocycles. The Hall–Kier alpha value is -1.26. The fourth-order valence-electron chi connectivity index (χ4n) is 1.22. The van der Waals surface area contributed by atoms with Gasteiger partial charge in [0, 0.05) is 4.91 Å². The molecule has 0 heterocycles. The van der Waals surface area contributed by atoms with Gasteiger partial charge in [-0.3, -0.25) is 0 Å². The van der Waals surface area contributed by atoms with Gasteiger partial charge in [0.2, 0.25) is 0 Å². The zero-order chi connectivity index (χ0) is 14.7. The van der Waals surface area contributed by atoms with Crippen LogP contribution in [0.15, 0.2) is 5.11 Å². The molecule has 0 spiro atoms. The molecule has 1 unspecified atom stereocenters. The van der Waals surface area contributed by atoms with Crippen LogP contribution in [0.2, 0.25) is 0 Å². The van der Waals surface area contributed by atoms with Gasteiger partial charge in [-0.25, -0.2) is 12.7 Å². The second-order valence-corrected chi connectivity index (χ2v) is 4.56. The minimum atomic E-state index is -1.10. The van der Waals surface area contributed by atoms with Crippen LogP contribution in [0.1, 0.15) is 19.3 Å². The molecule has 10 heteroatoms. The van der Waals surface area contributed by atoms with Gasteiger partial charge in [0.05, 0.1) is 36.0 Å². The predicted molar refractivity (Wildman–Crippen MR) is 75.5 cm³/mol. The van der Waals surface area contributed by atoms with Gasteiger partial charge in [-0.05, 0) is 31.3 Å². The second kappa shape index (κ2) is 10.6. The van der Waals surface area contributed by atoms with Gasteiger partial charge in [-0.1, -0.05) is 5.11 Å². The molecule has 0 aliphatic heterocycles. The molecule has 0 rings (SSSR count). The van der Waals surface area contributed by atoms with Crippen molar-refractivity contribution in [1.82, 2.24) is 3.11 Å². The maximum atomic E-state index is 11.6. The molecule has 0 aliphatic rings. The number of ether oxygens (including phenoxy) is 1. The Morgan fingerprint density at radius 1 is 1.53 bits per heavy atom. The van der Waals surface area contributed by atoms with E-state index >= 15 is 0 Å². The van der Waals surface area contributed by atoms with E-state index in [2.05, 4.69) is 10.0 Å². The van der Waals surface area contributed by atoms with Crippen molar-refractivity contribution in [3.05, 3.63) is 10.4 Å². The van der Waals surface area contributed by atoms with E-state index in [0.717, 1.165) is 3.11 Å². The molecule has 0 aromatic carbocycles. The smallest absolute Gasteiger partial charge is 0.419 e. The van der Waals surface area contributed by atoms with Crippen LogP contribution in [0.3, 0.4) is 0 Å². The molecule has 3 N–H and O–H groups in total. The van der Waals surface area contributed by atoms with Crippen LogP contribution < -0.4 is 5.73 Å². The number of nitrogens with zero attached hydrogens (tertiary/aromatic N) is 4. The van der Waals surface area contributed by atoms with Gasteiger partial charge in [0.15, 0.2) is 0 Å². The van der Waals surface area contributed by atoms with E-state index in [1.807, 2.05) is 0 Å². The van der Waals surface area contributed by atoms with Gasteiger partial charge in [-0.15, -0.1) is 0 Å². The normalized spacial score (nSPS) is 11.3. The molecule has 0 fully saturated rings. The third-order valence-corrected chi connectivity index (χ3v) is 3.21. The number of rotatable bonds is 9. The van der Waals surface area contributed by atoms with Crippen LogP contribution in [-0.2, 0) is 9.53 Å². The molecule has 108 valence electrons. The SMILES string of the molecule is [N-]=[N+]=NCCOC(=O)N(I)C(CCCCN)C(=O)O. The van der Waals surface area contributed by atoms with Crippen LogP contribution in [0, 0.1) is 0 Å². The number of carboxylic acid groups (broad SMARTS) is 1. The first kappa shape index (κ1) is 17.7. The van der Waals surface area contributed by atoms with Crippen molar-refractivity contribution in [3.8, 4) is 0 Å². The molecule has 19 heavy (non-hydrogen) atoms. The number of carbonyl (C=O) groups excluding carboxylic acids is 1.